The molecule has 0 saturated carbocycles. The smallest absolute Gasteiger partial charge is 0.313 e. The predicted molar refractivity (Wildman–Crippen MR) is 95.9 cm³/mol. The summed E-state index contributed by atoms with van der Waals surface area (Å²) in [4.78, 5) is 26.3. The second kappa shape index (κ2) is 8.37. The van der Waals surface area contributed by atoms with E-state index in [9.17, 15) is 18.4 Å². The number of thiophene rings is 1. The molecule has 138 valence electrons. The van der Waals surface area contributed by atoms with Crippen LogP contribution in [0.15, 0.2) is 35.0 Å². The van der Waals surface area contributed by atoms with Gasteiger partial charge in [-0.3, -0.25) is 14.5 Å². The average Bonchev–Trinajstić information content (AvgIpc) is 3.31. The van der Waals surface area contributed by atoms with Crippen molar-refractivity contribution in [3.05, 3.63) is 52.2 Å². The highest BCUT2D eigenvalue weighted by Crippen LogP contribution is 2.26. The Morgan fingerprint density at radius 2 is 1.92 bits per heavy atom. The van der Waals surface area contributed by atoms with E-state index in [1.807, 2.05) is 16.8 Å². The van der Waals surface area contributed by atoms with Crippen molar-refractivity contribution >= 4 is 28.8 Å². The molecule has 0 bridgehead atoms. The van der Waals surface area contributed by atoms with Crippen LogP contribution in [0.4, 0.5) is 14.5 Å². The van der Waals surface area contributed by atoms with Gasteiger partial charge in [-0.1, -0.05) is 0 Å². The highest BCUT2D eigenvalue weighted by Gasteiger charge is 2.25. The van der Waals surface area contributed by atoms with Gasteiger partial charge in [0.1, 0.15) is 11.6 Å². The maximum Gasteiger partial charge on any atom is 0.313 e. The van der Waals surface area contributed by atoms with Gasteiger partial charge in [-0.05, 0) is 60.5 Å². The fourth-order valence-electron chi connectivity index (χ4n) is 3.02. The monoisotopic (exact) mass is 379 g/mol. The van der Waals surface area contributed by atoms with E-state index >= 15 is 0 Å². The summed E-state index contributed by atoms with van der Waals surface area (Å²) in [6.45, 7) is 2.18. The summed E-state index contributed by atoms with van der Waals surface area (Å²) in [5.41, 5.74) is 0.864. The maximum atomic E-state index is 13.6. The van der Waals surface area contributed by atoms with Crippen LogP contribution >= 0.6 is 11.3 Å². The number of hydrogen-bond acceptors (Lipinski definition) is 4. The number of hydrogen-bond donors (Lipinski definition) is 2. The van der Waals surface area contributed by atoms with Crippen molar-refractivity contribution in [1.82, 2.24) is 10.2 Å². The molecule has 0 radical (unpaired) electrons. The van der Waals surface area contributed by atoms with Crippen molar-refractivity contribution < 1.29 is 18.4 Å². The lowest BCUT2D eigenvalue weighted by molar-refractivity contribution is -0.136. The van der Waals surface area contributed by atoms with E-state index < -0.39 is 23.4 Å². The molecule has 1 aromatic heterocycles. The Bertz CT molecular complexity index is 777. The number of carbonyl (C=O) groups is 2. The molecular formula is C18H19F2N3O2S. The van der Waals surface area contributed by atoms with Gasteiger partial charge < -0.3 is 10.6 Å². The lowest BCUT2D eigenvalue weighted by Crippen LogP contribution is -2.41. The molecule has 1 atom stereocenters. The van der Waals surface area contributed by atoms with Gasteiger partial charge in [0.05, 0.1) is 11.7 Å². The summed E-state index contributed by atoms with van der Waals surface area (Å²) in [6.07, 6.45) is 2.22. The molecule has 0 aliphatic carbocycles. The van der Waals surface area contributed by atoms with Crippen LogP contribution in [-0.4, -0.2) is 36.3 Å². The molecule has 1 aromatic carbocycles. The zero-order valence-electron chi connectivity index (χ0n) is 14.0. The highest BCUT2D eigenvalue weighted by molar-refractivity contribution is 7.08. The fourth-order valence-corrected chi connectivity index (χ4v) is 3.72. The van der Waals surface area contributed by atoms with Crippen LogP contribution in [0, 0.1) is 11.6 Å². The molecule has 3 rings (SSSR count). The van der Waals surface area contributed by atoms with Crippen molar-refractivity contribution in [2.45, 2.75) is 18.9 Å². The van der Waals surface area contributed by atoms with Gasteiger partial charge >= 0.3 is 11.8 Å². The number of halogens is 2. The first-order chi connectivity index (χ1) is 12.5. The highest BCUT2D eigenvalue weighted by atomic mass is 32.1. The van der Waals surface area contributed by atoms with E-state index in [2.05, 4.69) is 15.5 Å². The minimum Gasteiger partial charge on any atom is -0.346 e. The molecule has 1 aliphatic rings. The first kappa shape index (κ1) is 18.5. The van der Waals surface area contributed by atoms with Gasteiger partial charge in [0, 0.05) is 12.6 Å². The number of nitrogens with zero attached hydrogens (tertiary/aromatic N) is 1. The van der Waals surface area contributed by atoms with Gasteiger partial charge in [-0.2, -0.15) is 11.3 Å². The minimum absolute atomic E-state index is 0.00283. The van der Waals surface area contributed by atoms with Gasteiger partial charge in [0.2, 0.25) is 0 Å². The second-order valence-corrected chi connectivity index (χ2v) is 6.88. The largest absolute Gasteiger partial charge is 0.346 e. The predicted octanol–water partition coefficient (Wildman–Crippen LogP) is 2.92. The summed E-state index contributed by atoms with van der Waals surface area (Å²) >= 11 is 1.58. The van der Waals surface area contributed by atoms with E-state index in [4.69, 9.17) is 0 Å². The SMILES string of the molecule is O=C(NC[C@H](c1ccsc1)N1CCCC1)C(=O)Nc1ccc(F)cc1F. The number of likely N-dealkylation sites (tertiary alicyclic amines) is 1. The van der Waals surface area contributed by atoms with Crippen LogP contribution in [0.1, 0.15) is 24.4 Å². The molecule has 8 heteroatoms. The second-order valence-electron chi connectivity index (χ2n) is 6.10. The average molecular weight is 379 g/mol. The Morgan fingerprint density at radius 3 is 2.58 bits per heavy atom. The van der Waals surface area contributed by atoms with Gasteiger partial charge in [0.25, 0.3) is 0 Å². The molecule has 1 fully saturated rings. The van der Waals surface area contributed by atoms with E-state index in [1.54, 1.807) is 11.3 Å². The molecule has 2 amide bonds. The Morgan fingerprint density at radius 1 is 1.15 bits per heavy atom. The number of amides is 2. The number of benzene rings is 1. The van der Waals surface area contributed by atoms with Crippen molar-refractivity contribution in [1.29, 1.82) is 0 Å². The van der Waals surface area contributed by atoms with E-state index in [0.29, 0.717) is 6.07 Å². The summed E-state index contributed by atoms with van der Waals surface area (Å²) in [5, 5.41) is 8.78. The molecular weight excluding hydrogens is 360 g/mol. The van der Waals surface area contributed by atoms with Gasteiger partial charge in [-0.15, -0.1) is 0 Å². The summed E-state index contributed by atoms with van der Waals surface area (Å²) in [7, 11) is 0. The molecule has 2 heterocycles. The Hall–Kier alpha value is -2.32. The molecule has 1 aliphatic heterocycles. The van der Waals surface area contributed by atoms with Crippen LogP contribution in [0.25, 0.3) is 0 Å². The molecule has 0 spiro atoms. The first-order valence-electron chi connectivity index (χ1n) is 8.35. The van der Waals surface area contributed by atoms with Crippen LogP contribution in [0.5, 0.6) is 0 Å². The van der Waals surface area contributed by atoms with Crippen LogP contribution < -0.4 is 10.6 Å². The summed E-state index contributed by atoms with van der Waals surface area (Å²) < 4.78 is 26.5. The van der Waals surface area contributed by atoms with Crippen molar-refractivity contribution in [3.8, 4) is 0 Å². The topological polar surface area (TPSA) is 61.4 Å². The quantitative estimate of drug-likeness (QED) is 0.786. The Labute approximate surface area is 154 Å². The molecule has 1 saturated heterocycles. The third-order valence-corrected chi connectivity index (χ3v) is 5.05. The van der Waals surface area contributed by atoms with Crippen LogP contribution in [-0.2, 0) is 9.59 Å². The standard InChI is InChI=1S/C18H19F2N3O2S/c19-13-3-4-15(14(20)9-13)22-18(25)17(24)21-10-16(12-5-8-26-11-12)23-6-1-2-7-23/h3-5,8-9,11,16H,1-2,6-7,10H2,(H,21,24)(H,22,25)/t16-/m1/s1. The maximum absolute atomic E-state index is 13.6. The first-order valence-corrected chi connectivity index (χ1v) is 9.29. The Balaban J connectivity index is 1.60. The number of carbonyl (C=O) groups excluding carboxylic acids is 2. The fraction of sp³-hybridized carbons (Fsp3) is 0.333. The van der Waals surface area contributed by atoms with E-state index in [-0.39, 0.29) is 18.3 Å². The zero-order chi connectivity index (χ0) is 18.5. The molecule has 0 unspecified atom stereocenters. The zero-order valence-corrected chi connectivity index (χ0v) is 14.8. The minimum atomic E-state index is -0.985. The normalized spacial score (nSPS) is 15.6. The summed E-state index contributed by atoms with van der Waals surface area (Å²) in [5.74, 6) is -3.53. The number of rotatable bonds is 5. The van der Waals surface area contributed by atoms with Crippen molar-refractivity contribution in [2.24, 2.45) is 0 Å². The third-order valence-electron chi connectivity index (χ3n) is 4.35. The van der Waals surface area contributed by atoms with E-state index in [0.717, 1.165) is 43.6 Å². The molecule has 2 N–H and O–H groups in total. The molecule has 2 aromatic rings. The van der Waals surface area contributed by atoms with Crippen molar-refractivity contribution in [2.75, 3.05) is 25.0 Å². The lowest BCUT2D eigenvalue weighted by atomic mass is 10.1. The van der Waals surface area contributed by atoms with Crippen molar-refractivity contribution in [3.63, 3.8) is 0 Å². The van der Waals surface area contributed by atoms with Crippen LogP contribution in [0.2, 0.25) is 0 Å². The number of anilines is 1. The molecule has 26 heavy (non-hydrogen) atoms. The van der Waals surface area contributed by atoms with Crippen LogP contribution in [0.3, 0.4) is 0 Å². The third kappa shape index (κ3) is 4.44. The van der Waals surface area contributed by atoms with Gasteiger partial charge in [0.15, 0.2) is 0 Å². The van der Waals surface area contributed by atoms with Gasteiger partial charge in [-0.25, -0.2) is 8.78 Å². The summed E-state index contributed by atoms with van der Waals surface area (Å²) in [6, 6.07) is 4.74. The lowest BCUT2D eigenvalue weighted by Gasteiger charge is -2.27. The molecule has 5 nitrogen and oxygen atoms in total. The van der Waals surface area contributed by atoms with E-state index in [1.165, 1.54) is 0 Å². The number of nitrogens with one attached hydrogen (secondary N) is 2. The Kier molecular flexibility index (Phi) is 5.95.